The third-order valence-electron chi connectivity index (χ3n) is 2.73. The number of benzene rings is 1. The monoisotopic (exact) mass is 324 g/mol. The maximum Gasteiger partial charge on any atom is 0.475 e. The Balaban J connectivity index is 2.22. The Hall–Kier alpha value is -1.19. The summed E-state index contributed by atoms with van der Waals surface area (Å²) in [6.07, 6.45) is 9.70. The van der Waals surface area contributed by atoms with Crippen molar-refractivity contribution in [2.24, 2.45) is 0 Å². The van der Waals surface area contributed by atoms with E-state index in [1.165, 1.54) is 5.56 Å². The third kappa shape index (κ3) is 8.30. The van der Waals surface area contributed by atoms with Crippen molar-refractivity contribution < 1.29 is 18.1 Å². The highest BCUT2D eigenvalue weighted by molar-refractivity contribution is 7.48. The van der Waals surface area contributed by atoms with E-state index in [4.69, 9.17) is 13.6 Å². The molecule has 0 N–H and O–H groups in total. The lowest BCUT2D eigenvalue weighted by Crippen LogP contribution is -2.00. The van der Waals surface area contributed by atoms with Crippen molar-refractivity contribution in [3.63, 3.8) is 0 Å². The number of hydrogen-bond acceptors (Lipinski definition) is 4. The lowest BCUT2D eigenvalue weighted by Gasteiger charge is -2.14. The first-order chi connectivity index (χ1) is 10.7. The fourth-order valence-corrected chi connectivity index (χ4v) is 2.89. The molecule has 0 aliphatic rings. The average Bonchev–Trinajstić information content (AvgIpc) is 2.51. The van der Waals surface area contributed by atoms with Crippen LogP contribution in [0.1, 0.15) is 25.8 Å². The highest BCUT2D eigenvalue weighted by atomic mass is 31.2. The van der Waals surface area contributed by atoms with Gasteiger partial charge in [-0.3, -0.25) is 13.6 Å². The van der Waals surface area contributed by atoms with Crippen molar-refractivity contribution in [1.82, 2.24) is 0 Å². The first-order valence-corrected chi connectivity index (χ1v) is 9.05. The fraction of sp³-hybridized carbons (Fsp3) is 0.412. The van der Waals surface area contributed by atoms with E-state index >= 15 is 0 Å². The van der Waals surface area contributed by atoms with Gasteiger partial charge in [-0.05, 0) is 32.3 Å². The quantitative estimate of drug-likeness (QED) is 0.428. The van der Waals surface area contributed by atoms with Crippen LogP contribution in [0.25, 0.3) is 0 Å². The zero-order valence-corrected chi connectivity index (χ0v) is 14.2. The molecule has 0 saturated heterocycles. The van der Waals surface area contributed by atoms with E-state index in [9.17, 15) is 4.57 Å². The Kier molecular flexibility index (Phi) is 9.76. The number of aryl methyl sites for hydroxylation is 1. The van der Waals surface area contributed by atoms with Crippen molar-refractivity contribution >= 4 is 7.82 Å². The number of phosphoric ester groups is 1. The standard InChI is InChI=1S/C17H25O4P/c1-3-19-22(18,20-4-2)21-16-12-7-5-6-9-13-17-14-10-8-11-15-17/h5-8,10-12,14-15H,3-4,9,13,16H2,1-2H3/b6-5+,12-7+. The summed E-state index contributed by atoms with van der Waals surface area (Å²) in [7, 11) is -3.40. The number of rotatable bonds is 11. The van der Waals surface area contributed by atoms with Gasteiger partial charge in [0.1, 0.15) is 0 Å². The van der Waals surface area contributed by atoms with Crippen molar-refractivity contribution in [2.45, 2.75) is 26.7 Å². The van der Waals surface area contributed by atoms with Gasteiger partial charge < -0.3 is 0 Å². The highest BCUT2D eigenvalue weighted by Crippen LogP contribution is 2.48. The molecular formula is C17H25O4P. The van der Waals surface area contributed by atoms with Crippen LogP contribution in [0.4, 0.5) is 0 Å². The smallest absolute Gasteiger partial charge is 0.287 e. The van der Waals surface area contributed by atoms with Crippen molar-refractivity contribution in [1.29, 1.82) is 0 Å². The maximum absolute atomic E-state index is 12.0. The fourth-order valence-electron chi connectivity index (χ4n) is 1.77. The highest BCUT2D eigenvalue weighted by Gasteiger charge is 2.24. The van der Waals surface area contributed by atoms with Crippen LogP contribution in [-0.4, -0.2) is 19.8 Å². The van der Waals surface area contributed by atoms with Crippen LogP contribution in [-0.2, 0) is 24.6 Å². The van der Waals surface area contributed by atoms with Gasteiger partial charge in [0.25, 0.3) is 0 Å². The van der Waals surface area contributed by atoms with Crippen LogP contribution < -0.4 is 0 Å². The van der Waals surface area contributed by atoms with Gasteiger partial charge in [-0.25, -0.2) is 4.57 Å². The summed E-state index contributed by atoms with van der Waals surface area (Å²) < 4.78 is 27.2. The van der Waals surface area contributed by atoms with Gasteiger partial charge in [-0.15, -0.1) is 0 Å². The van der Waals surface area contributed by atoms with Crippen molar-refractivity contribution in [2.75, 3.05) is 19.8 Å². The molecular weight excluding hydrogens is 299 g/mol. The molecule has 0 spiro atoms. The van der Waals surface area contributed by atoms with Gasteiger partial charge in [-0.2, -0.15) is 0 Å². The molecule has 0 unspecified atom stereocenters. The number of phosphoric acid groups is 1. The molecule has 4 nitrogen and oxygen atoms in total. The van der Waals surface area contributed by atoms with E-state index < -0.39 is 7.82 Å². The summed E-state index contributed by atoms with van der Waals surface area (Å²) in [5.41, 5.74) is 1.33. The Morgan fingerprint density at radius 2 is 1.59 bits per heavy atom. The van der Waals surface area contributed by atoms with Gasteiger partial charge >= 0.3 is 7.82 Å². The minimum absolute atomic E-state index is 0.195. The molecule has 0 aromatic heterocycles. The second kappa shape index (κ2) is 11.4. The van der Waals surface area contributed by atoms with Gasteiger partial charge in [0.05, 0.1) is 19.8 Å². The average molecular weight is 324 g/mol. The molecule has 5 heteroatoms. The topological polar surface area (TPSA) is 44.8 Å². The molecule has 1 aromatic rings. The van der Waals surface area contributed by atoms with E-state index in [2.05, 4.69) is 18.2 Å². The number of allylic oxidation sites excluding steroid dienone is 3. The molecule has 0 saturated carbocycles. The van der Waals surface area contributed by atoms with E-state index in [1.807, 2.05) is 30.4 Å². The first kappa shape index (κ1) is 18.9. The molecule has 1 rings (SSSR count). The molecule has 0 aliphatic heterocycles. The van der Waals surface area contributed by atoms with Crippen molar-refractivity contribution in [3.8, 4) is 0 Å². The predicted molar refractivity (Wildman–Crippen MR) is 89.9 cm³/mol. The second-order valence-electron chi connectivity index (χ2n) is 4.46. The van der Waals surface area contributed by atoms with E-state index in [1.54, 1.807) is 19.9 Å². The van der Waals surface area contributed by atoms with Crippen LogP contribution in [0.5, 0.6) is 0 Å². The van der Waals surface area contributed by atoms with Crippen LogP contribution in [0.2, 0.25) is 0 Å². The van der Waals surface area contributed by atoms with E-state index in [-0.39, 0.29) is 6.61 Å². The first-order valence-electron chi connectivity index (χ1n) is 7.59. The summed E-state index contributed by atoms with van der Waals surface area (Å²) in [6, 6.07) is 10.4. The maximum atomic E-state index is 12.0. The van der Waals surface area contributed by atoms with Gasteiger partial charge in [0.15, 0.2) is 0 Å². The van der Waals surface area contributed by atoms with Gasteiger partial charge in [-0.1, -0.05) is 54.6 Å². The van der Waals surface area contributed by atoms with Crippen LogP contribution in [0, 0.1) is 0 Å². The normalized spacial score (nSPS) is 12.5. The van der Waals surface area contributed by atoms with E-state index in [0.717, 1.165) is 12.8 Å². The lowest BCUT2D eigenvalue weighted by molar-refractivity contribution is 0.131. The molecule has 0 amide bonds. The zero-order valence-electron chi connectivity index (χ0n) is 13.3. The van der Waals surface area contributed by atoms with Crippen molar-refractivity contribution in [3.05, 3.63) is 60.2 Å². The van der Waals surface area contributed by atoms with Crippen LogP contribution in [0.15, 0.2) is 54.6 Å². The molecule has 1 aromatic carbocycles. The summed E-state index contributed by atoms with van der Waals surface area (Å²) >= 11 is 0. The van der Waals surface area contributed by atoms with Crippen LogP contribution in [0.3, 0.4) is 0 Å². The number of hydrogen-bond donors (Lipinski definition) is 0. The molecule has 22 heavy (non-hydrogen) atoms. The van der Waals surface area contributed by atoms with Gasteiger partial charge in [0.2, 0.25) is 0 Å². The predicted octanol–water partition coefficient (Wildman–Crippen LogP) is 4.93. The molecule has 0 radical (unpaired) electrons. The largest absolute Gasteiger partial charge is 0.475 e. The molecule has 0 heterocycles. The van der Waals surface area contributed by atoms with Gasteiger partial charge in [0, 0.05) is 0 Å². The SMILES string of the molecule is CCOP(=O)(OCC)OC/C=C/C=C/CCc1ccccc1. The summed E-state index contributed by atoms with van der Waals surface area (Å²) in [5.74, 6) is 0. The summed E-state index contributed by atoms with van der Waals surface area (Å²) in [6.45, 7) is 4.28. The Labute approximate surface area is 133 Å². The molecule has 0 fully saturated rings. The molecule has 0 aliphatic carbocycles. The molecule has 122 valence electrons. The Morgan fingerprint density at radius 3 is 2.23 bits per heavy atom. The second-order valence-corrected chi connectivity index (χ2v) is 6.13. The molecule has 0 bridgehead atoms. The lowest BCUT2D eigenvalue weighted by atomic mass is 10.1. The minimum atomic E-state index is -3.40. The minimum Gasteiger partial charge on any atom is -0.287 e. The molecule has 0 atom stereocenters. The summed E-state index contributed by atoms with van der Waals surface area (Å²) in [5, 5.41) is 0. The Morgan fingerprint density at radius 1 is 0.955 bits per heavy atom. The zero-order chi connectivity index (χ0) is 16.1. The Bertz CT molecular complexity index is 487. The van der Waals surface area contributed by atoms with Crippen LogP contribution >= 0.6 is 7.82 Å². The third-order valence-corrected chi connectivity index (χ3v) is 4.34. The van der Waals surface area contributed by atoms with E-state index in [0.29, 0.717) is 13.2 Å². The summed E-state index contributed by atoms with van der Waals surface area (Å²) in [4.78, 5) is 0.